The van der Waals surface area contributed by atoms with Crippen LogP contribution in [0.4, 0.5) is 0 Å². The van der Waals surface area contributed by atoms with Crippen molar-refractivity contribution in [1.82, 2.24) is 4.90 Å². The van der Waals surface area contributed by atoms with Crippen molar-refractivity contribution in [2.24, 2.45) is 11.7 Å². The molecule has 0 rings (SSSR count). The molecule has 0 bridgehead atoms. The fraction of sp³-hybridized carbons (Fsp3) is 0.600. The van der Waals surface area contributed by atoms with E-state index in [2.05, 4.69) is 58.4 Å². The molecule has 17 heavy (non-hydrogen) atoms. The molecule has 0 aliphatic carbocycles. The first-order chi connectivity index (χ1) is 7.97. The molecule has 0 aromatic heterocycles. The number of hydrogen-bond acceptors (Lipinski definition) is 2. The van der Waals surface area contributed by atoms with E-state index in [9.17, 15) is 0 Å². The minimum Gasteiger partial charge on any atom is -0.374 e. The molecule has 1 unspecified atom stereocenters. The largest absolute Gasteiger partial charge is 0.374 e. The summed E-state index contributed by atoms with van der Waals surface area (Å²) in [4.78, 5) is 2.23. The third-order valence-electron chi connectivity index (χ3n) is 3.36. The van der Waals surface area contributed by atoms with Crippen LogP contribution in [0, 0.1) is 5.92 Å². The molecule has 2 nitrogen and oxygen atoms in total. The fourth-order valence-corrected chi connectivity index (χ4v) is 1.72. The van der Waals surface area contributed by atoms with E-state index in [0.29, 0.717) is 12.5 Å². The highest BCUT2D eigenvalue weighted by Crippen LogP contribution is 2.18. The second kappa shape index (κ2) is 8.13. The first kappa shape index (κ1) is 16.0. The summed E-state index contributed by atoms with van der Waals surface area (Å²) in [5.41, 5.74) is 9.33. The Morgan fingerprint density at radius 3 is 2.47 bits per heavy atom. The molecule has 2 N–H and O–H groups in total. The van der Waals surface area contributed by atoms with Crippen molar-refractivity contribution in [2.45, 2.75) is 34.1 Å². The summed E-state index contributed by atoms with van der Waals surface area (Å²) >= 11 is 0. The van der Waals surface area contributed by atoms with Gasteiger partial charge in [-0.15, -0.1) is 0 Å². The average Bonchev–Trinajstić information content (AvgIpc) is 2.33. The van der Waals surface area contributed by atoms with E-state index < -0.39 is 0 Å². The summed E-state index contributed by atoms with van der Waals surface area (Å²) in [6.45, 7) is 14.3. The van der Waals surface area contributed by atoms with E-state index in [1.54, 1.807) is 0 Å². The number of nitrogens with two attached hydrogens (primary N) is 1. The molecule has 2 heteroatoms. The fourth-order valence-electron chi connectivity index (χ4n) is 1.72. The molecule has 0 fully saturated rings. The van der Waals surface area contributed by atoms with Crippen LogP contribution >= 0.6 is 0 Å². The molecular weight excluding hydrogens is 208 g/mol. The van der Waals surface area contributed by atoms with E-state index in [0.717, 1.165) is 13.0 Å². The average molecular weight is 236 g/mol. The second-order valence-corrected chi connectivity index (χ2v) is 4.59. The van der Waals surface area contributed by atoms with Gasteiger partial charge in [-0.2, -0.15) is 0 Å². The first-order valence-corrected chi connectivity index (χ1v) is 6.40. The summed E-state index contributed by atoms with van der Waals surface area (Å²) in [7, 11) is 2.10. The lowest BCUT2D eigenvalue weighted by molar-refractivity contribution is 0.390. The van der Waals surface area contributed by atoms with Crippen molar-refractivity contribution >= 4 is 0 Å². The van der Waals surface area contributed by atoms with Gasteiger partial charge in [-0.1, -0.05) is 32.6 Å². The van der Waals surface area contributed by atoms with E-state index in [1.807, 2.05) is 0 Å². The van der Waals surface area contributed by atoms with E-state index in [1.165, 1.54) is 16.8 Å². The molecule has 98 valence electrons. The third kappa shape index (κ3) is 5.22. The van der Waals surface area contributed by atoms with Gasteiger partial charge in [-0.25, -0.2) is 0 Å². The molecule has 0 aromatic rings. The van der Waals surface area contributed by atoms with Gasteiger partial charge >= 0.3 is 0 Å². The minimum atomic E-state index is 0.539. The highest BCUT2D eigenvalue weighted by molar-refractivity contribution is 5.30. The van der Waals surface area contributed by atoms with Gasteiger partial charge in [0.15, 0.2) is 0 Å². The van der Waals surface area contributed by atoms with Gasteiger partial charge < -0.3 is 10.6 Å². The van der Waals surface area contributed by atoms with Crippen LogP contribution in [0.5, 0.6) is 0 Å². The van der Waals surface area contributed by atoms with Crippen molar-refractivity contribution < 1.29 is 0 Å². The maximum atomic E-state index is 5.55. The highest BCUT2D eigenvalue weighted by Gasteiger charge is 2.10. The van der Waals surface area contributed by atoms with Gasteiger partial charge in [0.25, 0.3) is 0 Å². The van der Waals surface area contributed by atoms with Crippen LogP contribution in [0.15, 0.2) is 35.6 Å². The van der Waals surface area contributed by atoms with Crippen LogP contribution in [0.3, 0.4) is 0 Å². The van der Waals surface area contributed by atoms with Crippen molar-refractivity contribution in [1.29, 1.82) is 0 Å². The molecule has 0 amide bonds. The summed E-state index contributed by atoms with van der Waals surface area (Å²) < 4.78 is 0. The highest BCUT2D eigenvalue weighted by atomic mass is 15.1. The lowest BCUT2D eigenvalue weighted by Gasteiger charge is -2.27. The summed E-state index contributed by atoms with van der Waals surface area (Å²) in [5, 5.41) is 0. The Balaban J connectivity index is 4.60. The molecule has 0 aliphatic rings. The Kier molecular flexibility index (Phi) is 7.64. The maximum Gasteiger partial charge on any atom is 0.0422 e. The summed E-state index contributed by atoms with van der Waals surface area (Å²) in [6, 6.07) is 0. The molecular formula is C15H28N2. The Bertz CT molecular complexity index is 300. The van der Waals surface area contributed by atoms with Crippen LogP contribution < -0.4 is 5.73 Å². The quantitative estimate of drug-likeness (QED) is 0.687. The van der Waals surface area contributed by atoms with Gasteiger partial charge in [-0.05, 0) is 37.3 Å². The van der Waals surface area contributed by atoms with Crippen LogP contribution in [0.25, 0.3) is 0 Å². The zero-order valence-corrected chi connectivity index (χ0v) is 12.1. The lowest BCUT2D eigenvalue weighted by atomic mass is 10.0. The van der Waals surface area contributed by atoms with Crippen LogP contribution in [0.2, 0.25) is 0 Å². The zero-order chi connectivity index (χ0) is 13.4. The Morgan fingerprint density at radius 2 is 2.06 bits per heavy atom. The SMILES string of the molecule is C=C(C(C)CC)N(C)CC(=C\C)/C(C)=C/CN. The smallest absolute Gasteiger partial charge is 0.0422 e. The van der Waals surface area contributed by atoms with Crippen LogP contribution in [0.1, 0.15) is 34.1 Å². The third-order valence-corrected chi connectivity index (χ3v) is 3.36. The first-order valence-electron chi connectivity index (χ1n) is 6.40. The standard InChI is InChI=1S/C15H28N2/c1-7-12(3)14(5)17(6)11-15(8-2)13(4)9-10-16/h8-9,12H,5,7,10-11,16H2,1-4,6H3/b13-9+,15-8+. The Morgan fingerprint density at radius 1 is 1.47 bits per heavy atom. The van der Waals surface area contributed by atoms with Crippen LogP contribution in [-0.2, 0) is 0 Å². The molecule has 1 atom stereocenters. The number of nitrogens with zero attached hydrogens (tertiary/aromatic N) is 1. The van der Waals surface area contributed by atoms with E-state index in [4.69, 9.17) is 5.73 Å². The minimum absolute atomic E-state index is 0.539. The van der Waals surface area contributed by atoms with Gasteiger partial charge in [0, 0.05) is 25.8 Å². The van der Waals surface area contributed by atoms with Crippen molar-refractivity contribution in [3.8, 4) is 0 Å². The van der Waals surface area contributed by atoms with Gasteiger partial charge in [0.2, 0.25) is 0 Å². The number of hydrogen-bond donors (Lipinski definition) is 1. The van der Waals surface area contributed by atoms with E-state index >= 15 is 0 Å². The van der Waals surface area contributed by atoms with Crippen molar-refractivity contribution in [3.05, 3.63) is 35.6 Å². The number of allylic oxidation sites excluding steroid dienone is 2. The Labute approximate surface area is 107 Å². The molecule has 0 aliphatic heterocycles. The predicted molar refractivity (Wildman–Crippen MR) is 77.8 cm³/mol. The number of rotatable bonds is 7. The normalized spacial score (nSPS) is 14.7. The summed E-state index contributed by atoms with van der Waals surface area (Å²) in [6.07, 6.45) is 5.35. The second-order valence-electron chi connectivity index (χ2n) is 4.59. The monoisotopic (exact) mass is 236 g/mol. The van der Waals surface area contributed by atoms with Gasteiger partial charge in [0.1, 0.15) is 0 Å². The van der Waals surface area contributed by atoms with Gasteiger partial charge in [0.05, 0.1) is 0 Å². The number of likely N-dealkylation sites (N-methyl/N-ethyl adjacent to an activating group) is 1. The molecule has 0 saturated heterocycles. The Hall–Kier alpha value is -1.02. The van der Waals surface area contributed by atoms with E-state index in [-0.39, 0.29) is 0 Å². The topological polar surface area (TPSA) is 29.3 Å². The molecule has 0 radical (unpaired) electrons. The lowest BCUT2D eigenvalue weighted by Crippen LogP contribution is -2.24. The molecule has 0 aromatic carbocycles. The molecule has 0 saturated carbocycles. The zero-order valence-electron chi connectivity index (χ0n) is 12.1. The van der Waals surface area contributed by atoms with Crippen molar-refractivity contribution in [2.75, 3.05) is 20.1 Å². The maximum absolute atomic E-state index is 5.55. The van der Waals surface area contributed by atoms with Crippen molar-refractivity contribution in [3.63, 3.8) is 0 Å². The summed E-state index contributed by atoms with van der Waals surface area (Å²) in [5.74, 6) is 0.539. The predicted octanol–water partition coefficient (Wildman–Crippen LogP) is 3.33. The van der Waals surface area contributed by atoms with Crippen LogP contribution in [-0.4, -0.2) is 25.0 Å². The van der Waals surface area contributed by atoms with Gasteiger partial charge in [-0.3, -0.25) is 0 Å². The molecule has 0 spiro atoms. The molecule has 0 heterocycles.